The molecule has 0 fully saturated rings. The number of nitro groups is 1. The zero-order valence-electron chi connectivity index (χ0n) is 11.6. The van der Waals surface area contributed by atoms with Gasteiger partial charge in [0.2, 0.25) is 5.91 Å². The van der Waals surface area contributed by atoms with Crippen LogP contribution >= 0.6 is 15.9 Å². The number of amides is 1. The summed E-state index contributed by atoms with van der Waals surface area (Å²) in [5, 5.41) is 13.6. The molecule has 0 radical (unpaired) electrons. The summed E-state index contributed by atoms with van der Waals surface area (Å²) in [6.07, 6.45) is 0.895. The fourth-order valence-corrected chi connectivity index (χ4v) is 2.28. The average Bonchev–Trinajstić information content (AvgIpc) is 2.38. The SMILES string of the molecule is CCCNC(=O)CN(C)Cc1cccc([N+](=O)[O-])c1Br. The minimum atomic E-state index is -0.429. The van der Waals surface area contributed by atoms with E-state index >= 15 is 0 Å². The molecule has 0 saturated heterocycles. The molecule has 0 heterocycles. The zero-order valence-corrected chi connectivity index (χ0v) is 13.1. The Morgan fingerprint density at radius 3 is 2.80 bits per heavy atom. The van der Waals surface area contributed by atoms with Crippen LogP contribution < -0.4 is 5.32 Å². The normalized spacial score (nSPS) is 10.6. The number of carbonyl (C=O) groups excluding carboxylic acids is 1. The first-order valence-electron chi connectivity index (χ1n) is 6.32. The van der Waals surface area contributed by atoms with Gasteiger partial charge in [0.15, 0.2) is 0 Å². The molecule has 0 atom stereocenters. The van der Waals surface area contributed by atoms with Crippen molar-refractivity contribution in [3.05, 3.63) is 38.3 Å². The third-order valence-electron chi connectivity index (χ3n) is 2.68. The number of nitrogens with one attached hydrogen (secondary N) is 1. The van der Waals surface area contributed by atoms with Gasteiger partial charge in [-0.3, -0.25) is 19.8 Å². The highest BCUT2D eigenvalue weighted by atomic mass is 79.9. The van der Waals surface area contributed by atoms with E-state index in [9.17, 15) is 14.9 Å². The topological polar surface area (TPSA) is 75.5 Å². The number of nitrogens with zero attached hydrogens (tertiary/aromatic N) is 2. The summed E-state index contributed by atoms with van der Waals surface area (Å²) < 4.78 is 0.464. The van der Waals surface area contributed by atoms with Gasteiger partial charge in [0.05, 0.1) is 15.9 Å². The van der Waals surface area contributed by atoms with Crippen molar-refractivity contribution in [2.75, 3.05) is 20.1 Å². The molecule has 1 aromatic carbocycles. The molecule has 0 aliphatic heterocycles. The monoisotopic (exact) mass is 343 g/mol. The molecule has 0 aliphatic carbocycles. The number of hydrogen-bond donors (Lipinski definition) is 1. The first-order valence-corrected chi connectivity index (χ1v) is 7.12. The average molecular weight is 344 g/mol. The van der Waals surface area contributed by atoms with E-state index < -0.39 is 4.92 Å². The molecule has 0 spiro atoms. The minimum absolute atomic E-state index is 0.0336. The lowest BCUT2D eigenvalue weighted by Crippen LogP contribution is -2.35. The van der Waals surface area contributed by atoms with E-state index in [0.29, 0.717) is 17.6 Å². The minimum Gasteiger partial charge on any atom is -0.355 e. The van der Waals surface area contributed by atoms with Crippen molar-refractivity contribution in [1.82, 2.24) is 10.2 Å². The Labute approximate surface area is 126 Å². The summed E-state index contributed by atoms with van der Waals surface area (Å²) >= 11 is 3.25. The lowest BCUT2D eigenvalue weighted by atomic mass is 10.2. The van der Waals surface area contributed by atoms with Crippen molar-refractivity contribution >= 4 is 27.5 Å². The number of hydrogen-bond acceptors (Lipinski definition) is 4. The highest BCUT2D eigenvalue weighted by Crippen LogP contribution is 2.28. The number of benzene rings is 1. The Bertz CT molecular complexity index is 494. The molecule has 1 N–H and O–H groups in total. The van der Waals surface area contributed by atoms with E-state index in [1.165, 1.54) is 6.07 Å². The molecule has 0 aromatic heterocycles. The second-order valence-corrected chi connectivity index (χ2v) is 5.32. The van der Waals surface area contributed by atoms with Crippen LogP contribution in [0.1, 0.15) is 18.9 Å². The summed E-state index contributed by atoms with van der Waals surface area (Å²) in [5.74, 6) is -0.0455. The molecule has 1 amide bonds. The van der Waals surface area contributed by atoms with Gasteiger partial charge >= 0.3 is 0 Å². The van der Waals surface area contributed by atoms with Gasteiger partial charge in [-0.25, -0.2) is 0 Å². The van der Waals surface area contributed by atoms with Gasteiger partial charge < -0.3 is 5.32 Å². The van der Waals surface area contributed by atoms with Crippen molar-refractivity contribution < 1.29 is 9.72 Å². The van der Waals surface area contributed by atoms with E-state index in [2.05, 4.69) is 21.2 Å². The molecule has 0 saturated carbocycles. The third-order valence-corrected chi connectivity index (χ3v) is 3.60. The number of halogens is 1. The Morgan fingerprint density at radius 2 is 2.20 bits per heavy atom. The van der Waals surface area contributed by atoms with Gasteiger partial charge in [0, 0.05) is 19.2 Å². The van der Waals surface area contributed by atoms with E-state index in [1.807, 2.05) is 11.8 Å². The largest absolute Gasteiger partial charge is 0.355 e. The predicted molar refractivity (Wildman–Crippen MR) is 80.4 cm³/mol. The van der Waals surface area contributed by atoms with Crippen LogP contribution in [0.4, 0.5) is 5.69 Å². The van der Waals surface area contributed by atoms with Crippen molar-refractivity contribution in [2.24, 2.45) is 0 Å². The first-order chi connectivity index (χ1) is 9.45. The first kappa shape index (κ1) is 16.6. The molecule has 1 aromatic rings. The zero-order chi connectivity index (χ0) is 15.1. The van der Waals surface area contributed by atoms with E-state index in [0.717, 1.165) is 12.0 Å². The Balaban J connectivity index is 2.66. The van der Waals surface area contributed by atoms with Crippen molar-refractivity contribution in [1.29, 1.82) is 0 Å². The maximum absolute atomic E-state index is 11.6. The molecule has 110 valence electrons. The number of nitro benzene ring substituents is 1. The molecule has 20 heavy (non-hydrogen) atoms. The number of likely N-dealkylation sites (N-methyl/N-ethyl adjacent to an activating group) is 1. The summed E-state index contributed by atoms with van der Waals surface area (Å²) in [4.78, 5) is 23.8. The standard InChI is InChI=1S/C13H18BrN3O3/c1-3-7-15-12(18)9-16(2)8-10-5-4-6-11(13(10)14)17(19)20/h4-6H,3,7-9H2,1-2H3,(H,15,18). The van der Waals surface area contributed by atoms with Crippen molar-refractivity contribution in [3.8, 4) is 0 Å². The third kappa shape index (κ3) is 4.90. The highest BCUT2D eigenvalue weighted by molar-refractivity contribution is 9.10. The lowest BCUT2D eigenvalue weighted by Gasteiger charge is -2.17. The molecule has 0 bridgehead atoms. The maximum atomic E-state index is 11.6. The fourth-order valence-electron chi connectivity index (χ4n) is 1.74. The van der Waals surface area contributed by atoms with Crippen LogP contribution in [0.15, 0.2) is 22.7 Å². The lowest BCUT2D eigenvalue weighted by molar-refractivity contribution is -0.385. The Kier molecular flexibility index (Phi) is 6.60. The van der Waals surface area contributed by atoms with Crippen molar-refractivity contribution in [3.63, 3.8) is 0 Å². The Morgan fingerprint density at radius 1 is 1.50 bits per heavy atom. The summed E-state index contributed by atoms with van der Waals surface area (Å²) in [6, 6.07) is 4.89. The fraction of sp³-hybridized carbons (Fsp3) is 0.462. The van der Waals surface area contributed by atoms with Crippen LogP contribution in [0, 0.1) is 10.1 Å². The van der Waals surface area contributed by atoms with Crippen LogP contribution in [0.5, 0.6) is 0 Å². The van der Waals surface area contributed by atoms with Crippen LogP contribution in [0.2, 0.25) is 0 Å². The molecule has 7 heteroatoms. The molecule has 0 unspecified atom stereocenters. The van der Waals surface area contributed by atoms with E-state index in [-0.39, 0.29) is 18.1 Å². The number of rotatable bonds is 7. The van der Waals surface area contributed by atoms with Crippen LogP contribution in [0.3, 0.4) is 0 Å². The van der Waals surface area contributed by atoms with Gasteiger partial charge in [0.1, 0.15) is 0 Å². The Hall–Kier alpha value is -1.47. The van der Waals surface area contributed by atoms with E-state index in [1.54, 1.807) is 19.2 Å². The van der Waals surface area contributed by atoms with Gasteiger partial charge in [-0.05, 0) is 35.0 Å². The molecule has 6 nitrogen and oxygen atoms in total. The molecular weight excluding hydrogens is 326 g/mol. The quantitative estimate of drug-likeness (QED) is 0.608. The molecule has 1 rings (SSSR count). The van der Waals surface area contributed by atoms with Gasteiger partial charge in [-0.1, -0.05) is 19.1 Å². The second kappa shape index (κ2) is 7.96. The maximum Gasteiger partial charge on any atom is 0.283 e. The summed E-state index contributed by atoms with van der Waals surface area (Å²) in [5.41, 5.74) is 0.816. The summed E-state index contributed by atoms with van der Waals surface area (Å²) in [7, 11) is 1.80. The van der Waals surface area contributed by atoms with Gasteiger partial charge in [-0.2, -0.15) is 0 Å². The molecule has 0 aliphatic rings. The van der Waals surface area contributed by atoms with E-state index in [4.69, 9.17) is 0 Å². The highest BCUT2D eigenvalue weighted by Gasteiger charge is 2.16. The summed E-state index contributed by atoms with van der Waals surface area (Å²) in [6.45, 7) is 3.37. The van der Waals surface area contributed by atoms with Crippen LogP contribution in [0.25, 0.3) is 0 Å². The smallest absolute Gasteiger partial charge is 0.283 e. The molecular formula is C13H18BrN3O3. The van der Waals surface area contributed by atoms with Crippen LogP contribution in [-0.4, -0.2) is 35.9 Å². The van der Waals surface area contributed by atoms with Gasteiger partial charge in [-0.15, -0.1) is 0 Å². The second-order valence-electron chi connectivity index (χ2n) is 4.53. The number of carbonyl (C=O) groups is 1. The predicted octanol–water partition coefficient (Wildman–Crippen LogP) is 2.32. The van der Waals surface area contributed by atoms with Crippen molar-refractivity contribution in [2.45, 2.75) is 19.9 Å². The van der Waals surface area contributed by atoms with Gasteiger partial charge in [0.25, 0.3) is 5.69 Å². The van der Waals surface area contributed by atoms with Crippen LogP contribution in [-0.2, 0) is 11.3 Å².